The summed E-state index contributed by atoms with van der Waals surface area (Å²) in [6, 6.07) is 32.0. The van der Waals surface area contributed by atoms with Gasteiger partial charge in [-0.05, 0) is 54.1 Å². The van der Waals surface area contributed by atoms with E-state index < -0.39 is 0 Å². The Morgan fingerprint density at radius 2 is 1.44 bits per heavy atom. The summed E-state index contributed by atoms with van der Waals surface area (Å²) in [6.45, 7) is 0. The van der Waals surface area contributed by atoms with Gasteiger partial charge in [-0.3, -0.25) is 24.4 Å². The van der Waals surface area contributed by atoms with E-state index in [1.165, 1.54) is 11.8 Å². The molecule has 4 aromatic rings. The van der Waals surface area contributed by atoms with Crippen molar-refractivity contribution in [3.63, 3.8) is 0 Å². The van der Waals surface area contributed by atoms with Gasteiger partial charge in [0, 0.05) is 23.8 Å². The number of benzene rings is 3. The fourth-order valence-electron chi connectivity index (χ4n) is 3.80. The number of pyridine rings is 1. The molecule has 0 unspecified atom stereocenters. The van der Waals surface area contributed by atoms with E-state index >= 15 is 0 Å². The van der Waals surface area contributed by atoms with Crippen LogP contribution in [0.15, 0.2) is 126 Å². The van der Waals surface area contributed by atoms with Crippen LogP contribution in [-0.4, -0.2) is 27.7 Å². The minimum Gasteiger partial charge on any atom is -0.280 e. The van der Waals surface area contributed by atoms with E-state index in [-0.39, 0.29) is 17.6 Å². The van der Waals surface area contributed by atoms with E-state index in [1.54, 1.807) is 34.3 Å². The van der Waals surface area contributed by atoms with E-state index in [9.17, 15) is 9.59 Å². The molecule has 0 saturated carbocycles. The molecule has 0 fully saturated rings. The van der Waals surface area contributed by atoms with E-state index in [2.05, 4.69) is 9.98 Å². The zero-order valence-electron chi connectivity index (χ0n) is 19.3. The van der Waals surface area contributed by atoms with Crippen LogP contribution in [0.3, 0.4) is 0 Å². The number of anilines is 3. The first kappa shape index (κ1) is 23.3. The highest BCUT2D eigenvalue weighted by Gasteiger charge is 2.33. The number of carbonyl (C=O) groups excluding carboxylic acids is 2. The fourth-order valence-corrected chi connectivity index (χ4v) is 4.66. The number of nitrogens with zero attached hydrogens (tertiary/aromatic N) is 4. The number of amidine groups is 1. The predicted octanol–water partition coefficient (Wildman–Crippen LogP) is 5.92. The lowest BCUT2D eigenvalue weighted by molar-refractivity contribution is -0.115. The van der Waals surface area contributed by atoms with Crippen molar-refractivity contribution in [3.8, 4) is 0 Å². The summed E-state index contributed by atoms with van der Waals surface area (Å²) in [4.78, 5) is 38.8. The first-order valence-electron chi connectivity index (χ1n) is 11.4. The minimum atomic E-state index is -0.247. The van der Waals surface area contributed by atoms with E-state index in [1.807, 2.05) is 97.1 Å². The molecule has 7 heteroatoms. The summed E-state index contributed by atoms with van der Waals surface area (Å²) in [5, 5.41) is 0.454. The highest BCUT2D eigenvalue weighted by atomic mass is 32.2. The number of thioether (sulfide) groups is 1. The topological polar surface area (TPSA) is 65.9 Å². The van der Waals surface area contributed by atoms with Gasteiger partial charge in [0.15, 0.2) is 5.17 Å². The van der Waals surface area contributed by atoms with Gasteiger partial charge in [0.05, 0.1) is 11.4 Å². The number of hydrogen-bond acceptors (Lipinski definition) is 5. The molecule has 176 valence electrons. The van der Waals surface area contributed by atoms with E-state index in [0.29, 0.717) is 16.6 Å². The second kappa shape index (κ2) is 10.8. The average Bonchev–Trinajstić information content (AvgIpc) is 3.24. The van der Waals surface area contributed by atoms with Crippen LogP contribution in [-0.2, 0) is 9.59 Å². The molecule has 0 bridgehead atoms. The monoisotopic (exact) mass is 490 g/mol. The molecule has 36 heavy (non-hydrogen) atoms. The average molecular weight is 491 g/mol. The van der Waals surface area contributed by atoms with Crippen LogP contribution in [0.2, 0.25) is 0 Å². The van der Waals surface area contributed by atoms with Crippen molar-refractivity contribution < 1.29 is 9.59 Å². The zero-order chi connectivity index (χ0) is 24.7. The van der Waals surface area contributed by atoms with Crippen molar-refractivity contribution in [1.29, 1.82) is 0 Å². The first-order valence-corrected chi connectivity index (χ1v) is 12.3. The lowest BCUT2D eigenvalue weighted by atomic mass is 10.2. The SMILES string of the molecule is O=C1/C(=C\c2cccnc2)N=C(SCC(=O)N(c2ccccc2)c2ccccc2)N1c1ccccc1. The Morgan fingerprint density at radius 3 is 2.03 bits per heavy atom. The second-order valence-corrected chi connectivity index (χ2v) is 8.82. The maximum absolute atomic E-state index is 13.5. The Morgan fingerprint density at radius 1 is 0.833 bits per heavy atom. The van der Waals surface area contributed by atoms with Gasteiger partial charge in [-0.2, -0.15) is 0 Å². The molecule has 0 spiro atoms. The molecule has 0 atom stereocenters. The molecular formula is C29H22N4O2S. The number of aliphatic imine (C=N–C) groups is 1. The third kappa shape index (κ3) is 5.11. The van der Waals surface area contributed by atoms with Crippen molar-refractivity contribution in [2.45, 2.75) is 0 Å². The van der Waals surface area contributed by atoms with Crippen LogP contribution in [0.5, 0.6) is 0 Å². The molecule has 1 aliphatic heterocycles. The molecule has 2 amide bonds. The van der Waals surface area contributed by atoms with Crippen molar-refractivity contribution in [2.75, 3.05) is 15.6 Å². The maximum atomic E-state index is 13.5. The number of para-hydroxylation sites is 3. The number of aromatic nitrogens is 1. The Bertz CT molecular complexity index is 1370. The number of hydrogen-bond donors (Lipinski definition) is 0. The van der Waals surface area contributed by atoms with Crippen molar-refractivity contribution >= 4 is 51.9 Å². The van der Waals surface area contributed by atoms with Crippen LogP contribution in [0, 0.1) is 0 Å². The normalized spacial score (nSPS) is 14.1. The molecule has 0 aliphatic carbocycles. The highest BCUT2D eigenvalue weighted by Crippen LogP contribution is 2.31. The molecular weight excluding hydrogens is 468 g/mol. The third-order valence-electron chi connectivity index (χ3n) is 5.43. The summed E-state index contributed by atoms with van der Waals surface area (Å²) < 4.78 is 0. The van der Waals surface area contributed by atoms with Gasteiger partial charge in [-0.25, -0.2) is 4.99 Å². The van der Waals surface area contributed by atoms with Gasteiger partial charge < -0.3 is 0 Å². The quantitative estimate of drug-likeness (QED) is 0.315. The van der Waals surface area contributed by atoms with Crippen LogP contribution in [0.25, 0.3) is 6.08 Å². The number of carbonyl (C=O) groups is 2. The highest BCUT2D eigenvalue weighted by molar-refractivity contribution is 8.14. The first-order chi connectivity index (χ1) is 17.7. The Balaban J connectivity index is 1.44. The molecule has 5 rings (SSSR count). The molecule has 1 aliphatic rings. The van der Waals surface area contributed by atoms with E-state index in [4.69, 9.17) is 0 Å². The third-order valence-corrected chi connectivity index (χ3v) is 6.36. The number of rotatable bonds is 6. The summed E-state index contributed by atoms with van der Waals surface area (Å²) in [6.07, 6.45) is 5.06. The Hall–Kier alpha value is -4.49. The van der Waals surface area contributed by atoms with Gasteiger partial charge in [0.2, 0.25) is 5.91 Å². The molecule has 2 heterocycles. The smallest absolute Gasteiger partial charge is 0.280 e. The zero-order valence-corrected chi connectivity index (χ0v) is 20.1. The van der Waals surface area contributed by atoms with Gasteiger partial charge in [-0.15, -0.1) is 0 Å². The molecule has 6 nitrogen and oxygen atoms in total. The lowest BCUT2D eigenvalue weighted by Crippen LogP contribution is -2.32. The van der Waals surface area contributed by atoms with Crippen LogP contribution in [0.1, 0.15) is 5.56 Å². The molecule has 0 saturated heterocycles. The van der Waals surface area contributed by atoms with Gasteiger partial charge in [0.1, 0.15) is 5.70 Å². The predicted molar refractivity (Wildman–Crippen MR) is 146 cm³/mol. The lowest BCUT2D eigenvalue weighted by Gasteiger charge is -2.23. The standard InChI is InChI=1S/C29H22N4O2S/c34-27(32(23-12-4-1-5-13-23)24-14-6-2-7-15-24)21-36-29-31-26(19-22-11-10-18-30-20-22)28(35)33(29)25-16-8-3-9-17-25/h1-20H,21H2/b26-19+. The van der Waals surface area contributed by atoms with Gasteiger partial charge >= 0.3 is 0 Å². The molecule has 3 aromatic carbocycles. The summed E-state index contributed by atoms with van der Waals surface area (Å²) in [7, 11) is 0. The van der Waals surface area contributed by atoms with Crippen molar-refractivity contribution in [1.82, 2.24) is 4.98 Å². The van der Waals surface area contributed by atoms with Crippen LogP contribution in [0.4, 0.5) is 17.1 Å². The number of amides is 2. The summed E-state index contributed by atoms with van der Waals surface area (Å²) >= 11 is 1.24. The largest absolute Gasteiger partial charge is 0.283 e. The van der Waals surface area contributed by atoms with Crippen LogP contribution < -0.4 is 9.80 Å². The minimum absolute atomic E-state index is 0.0966. The fraction of sp³-hybridized carbons (Fsp3) is 0.0345. The van der Waals surface area contributed by atoms with Crippen molar-refractivity contribution in [3.05, 3.63) is 127 Å². The summed E-state index contributed by atoms with van der Waals surface area (Å²) in [5.74, 6) is -0.271. The van der Waals surface area contributed by atoms with Crippen molar-refractivity contribution in [2.24, 2.45) is 4.99 Å². The maximum Gasteiger partial charge on any atom is 0.283 e. The summed E-state index contributed by atoms with van der Waals surface area (Å²) in [5.41, 5.74) is 3.31. The molecule has 0 radical (unpaired) electrons. The van der Waals surface area contributed by atoms with Gasteiger partial charge in [-0.1, -0.05) is 72.4 Å². The Kier molecular flexibility index (Phi) is 7.00. The van der Waals surface area contributed by atoms with Crippen LogP contribution >= 0.6 is 11.8 Å². The molecule has 1 aromatic heterocycles. The van der Waals surface area contributed by atoms with E-state index in [0.717, 1.165) is 16.9 Å². The second-order valence-electron chi connectivity index (χ2n) is 7.88. The molecule has 0 N–H and O–H groups in total. The van der Waals surface area contributed by atoms with Gasteiger partial charge in [0.25, 0.3) is 5.91 Å². The Labute approximate surface area is 213 Å².